The highest BCUT2D eigenvalue weighted by molar-refractivity contribution is 5.91. The fraction of sp³-hybridized carbons (Fsp3) is 0. The molecule has 0 atom stereocenters. The van der Waals surface area contributed by atoms with Crippen LogP contribution in [0.15, 0.2) is 24.4 Å². The lowest BCUT2D eigenvalue weighted by molar-refractivity contribution is 0.0948. The molecule has 0 radical (unpaired) electrons. The molecule has 1 aromatic rings. The summed E-state index contributed by atoms with van der Waals surface area (Å²) in [4.78, 5) is 14.6. The standard InChI is InChI=1S/C6H7N3O/c7-9-6(10)5-3-1-2-4-8-5/h1-4H,7H2,(H,9,10)/i/hD. The van der Waals surface area contributed by atoms with Gasteiger partial charge < -0.3 is 0 Å². The van der Waals surface area contributed by atoms with E-state index < -0.39 is 5.91 Å². The molecule has 1 rings (SSSR count). The number of hydrazine groups is 1. The van der Waals surface area contributed by atoms with Crippen LogP contribution in [0.3, 0.4) is 0 Å². The molecule has 0 aliphatic rings. The van der Waals surface area contributed by atoms with Crippen molar-refractivity contribution in [1.82, 2.24) is 10.4 Å². The summed E-state index contributed by atoms with van der Waals surface area (Å²) in [6, 6.07) is 4.84. The van der Waals surface area contributed by atoms with Gasteiger partial charge in [0.15, 0.2) is 1.41 Å². The summed E-state index contributed by atoms with van der Waals surface area (Å²) in [6.45, 7) is 0. The third kappa shape index (κ3) is 1.29. The molecule has 0 aliphatic carbocycles. The number of carbonyl (C=O) groups excluding carboxylic acids is 1. The number of amides is 1. The van der Waals surface area contributed by atoms with Gasteiger partial charge in [0.05, 0.1) is 0 Å². The number of aromatic nitrogens is 1. The van der Waals surface area contributed by atoms with Crippen LogP contribution in [0.1, 0.15) is 10.5 Å². The van der Waals surface area contributed by atoms with Gasteiger partial charge in [-0.15, -0.1) is 0 Å². The van der Waals surface area contributed by atoms with Crippen molar-refractivity contribution in [2.24, 2.45) is 5.84 Å². The van der Waals surface area contributed by atoms with Gasteiger partial charge in [-0.2, -0.15) is 0 Å². The molecule has 4 heteroatoms. The van der Waals surface area contributed by atoms with Crippen LogP contribution < -0.4 is 11.3 Å². The van der Waals surface area contributed by atoms with Gasteiger partial charge in [0, 0.05) is 6.20 Å². The second-order valence-corrected chi connectivity index (χ2v) is 1.65. The van der Waals surface area contributed by atoms with Crippen molar-refractivity contribution in [2.45, 2.75) is 0 Å². The highest BCUT2D eigenvalue weighted by atomic mass is 16.2. The lowest BCUT2D eigenvalue weighted by Crippen LogP contribution is -2.30. The van der Waals surface area contributed by atoms with Gasteiger partial charge in [0.25, 0.3) is 5.91 Å². The first-order valence-electron chi connectivity index (χ1n) is 3.15. The van der Waals surface area contributed by atoms with E-state index in [1.807, 2.05) is 0 Å². The van der Waals surface area contributed by atoms with E-state index in [-0.39, 0.29) is 11.1 Å². The van der Waals surface area contributed by atoms with Crippen LogP contribution in [0.2, 0.25) is 1.41 Å². The van der Waals surface area contributed by atoms with E-state index in [9.17, 15) is 4.79 Å². The fourth-order valence-electron chi connectivity index (χ4n) is 0.555. The molecular weight excluding hydrogens is 130 g/mol. The number of hydrogen-bond donors (Lipinski definition) is 2. The van der Waals surface area contributed by atoms with Crippen LogP contribution in [0.5, 0.6) is 0 Å². The van der Waals surface area contributed by atoms with Crippen molar-refractivity contribution >= 4 is 5.91 Å². The Morgan fingerprint density at radius 3 is 3.10 bits per heavy atom. The minimum atomic E-state index is -0.620. The van der Waals surface area contributed by atoms with Gasteiger partial charge in [-0.05, 0) is 12.1 Å². The average molecular weight is 138 g/mol. The predicted molar refractivity (Wildman–Crippen MR) is 35.9 cm³/mol. The first-order chi connectivity index (χ1) is 5.22. The molecule has 4 nitrogen and oxygen atoms in total. The Morgan fingerprint density at radius 1 is 1.80 bits per heavy atom. The molecule has 0 aromatic carbocycles. The SMILES string of the molecule is [2H]N(N)C(=O)c1ccccn1. The topological polar surface area (TPSA) is 68.0 Å². The molecule has 0 spiro atoms. The second-order valence-electron chi connectivity index (χ2n) is 1.65. The zero-order chi connectivity index (χ0) is 8.27. The average Bonchev–Trinajstić information content (AvgIpc) is 2.05. The summed E-state index contributed by atoms with van der Waals surface area (Å²) >= 11 is 0. The van der Waals surface area contributed by atoms with Crippen molar-refractivity contribution in [3.05, 3.63) is 30.1 Å². The summed E-state index contributed by atoms with van der Waals surface area (Å²) in [5, 5.41) is 0. The van der Waals surface area contributed by atoms with Crippen molar-refractivity contribution in [3.63, 3.8) is 0 Å². The highest BCUT2D eigenvalue weighted by Crippen LogP contribution is 1.90. The van der Waals surface area contributed by atoms with Gasteiger partial charge in [-0.25, -0.2) is 5.84 Å². The number of hydrogen-bond acceptors (Lipinski definition) is 3. The molecule has 1 amide bonds. The van der Waals surface area contributed by atoms with Crippen molar-refractivity contribution < 1.29 is 6.21 Å². The van der Waals surface area contributed by atoms with Gasteiger partial charge in [0.2, 0.25) is 0 Å². The molecule has 0 aliphatic heterocycles. The number of pyridine rings is 1. The zero-order valence-electron chi connectivity index (χ0n) is 6.19. The maximum absolute atomic E-state index is 10.9. The van der Waals surface area contributed by atoms with Crippen LogP contribution in [0, 0.1) is 0 Å². The Hall–Kier alpha value is -1.42. The maximum atomic E-state index is 10.9. The molecule has 0 unspecified atom stereocenters. The number of nitrogens with zero attached hydrogens (tertiary/aromatic N) is 1. The first kappa shape index (κ1) is 5.37. The Kier molecular flexibility index (Phi) is 1.57. The number of rotatable bonds is 1. The number of nitrogen functional groups attached to an aromatic ring is 1. The Labute approximate surface area is 59.5 Å². The Bertz CT molecular complexity index is 249. The molecule has 1 heterocycles. The van der Waals surface area contributed by atoms with Gasteiger partial charge in [0.1, 0.15) is 5.69 Å². The number of carbonyl (C=O) groups is 1. The maximum Gasteiger partial charge on any atom is 0.283 e. The molecule has 10 heavy (non-hydrogen) atoms. The van der Waals surface area contributed by atoms with E-state index in [4.69, 9.17) is 7.25 Å². The minimum absolute atomic E-state index is 0.171. The lowest BCUT2D eigenvalue weighted by atomic mass is 10.3. The van der Waals surface area contributed by atoms with E-state index in [2.05, 4.69) is 4.98 Å². The molecule has 0 fully saturated rings. The van der Waals surface area contributed by atoms with Crippen molar-refractivity contribution in [1.29, 1.82) is 0 Å². The summed E-state index contributed by atoms with van der Waals surface area (Å²) in [5.41, 5.74) is 0.424. The van der Waals surface area contributed by atoms with Crippen LogP contribution in [0.4, 0.5) is 0 Å². The number of nitrogens with two attached hydrogens (primary N) is 1. The Balaban J connectivity index is 2.86. The van der Waals surface area contributed by atoms with Crippen molar-refractivity contribution in [2.75, 3.05) is 0 Å². The second kappa shape index (κ2) is 2.93. The zero-order valence-corrected chi connectivity index (χ0v) is 5.19. The lowest BCUT2D eigenvalue weighted by Gasteiger charge is -1.94. The smallest absolute Gasteiger partial charge is 0.283 e. The third-order valence-corrected chi connectivity index (χ3v) is 1.00. The monoisotopic (exact) mass is 138 g/mol. The van der Waals surface area contributed by atoms with Crippen LogP contribution in [-0.2, 0) is 0 Å². The van der Waals surface area contributed by atoms with Gasteiger partial charge in [-0.1, -0.05) is 6.07 Å². The molecule has 0 bridgehead atoms. The molecular formula is C6H7N3O. The third-order valence-electron chi connectivity index (χ3n) is 1.00. The van der Waals surface area contributed by atoms with Gasteiger partial charge in [-0.3, -0.25) is 15.2 Å². The summed E-state index contributed by atoms with van der Waals surface area (Å²) in [5.74, 6) is 4.26. The van der Waals surface area contributed by atoms with E-state index in [0.717, 1.165) is 0 Å². The predicted octanol–water partition coefficient (Wildman–Crippen LogP) is -0.315. The minimum Gasteiger partial charge on any atom is -0.289 e. The van der Waals surface area contributed by atoms with Crippen LogP contribution in [0.25, 0.3) is 0 Å². The quantitative estimate of drug-likeness (QED) is 0.317. The molecule has 0 saturated carbocycles. The fourth-order valence-corrected chi connectivity index (χ4v) is 0.555. The summed E-state index contributed by atoms with van der Waals surface area (Å²) in [7, 11) is 0. The normalized spacial score (nSPS) is 10.3. The summed E-state index contributed by atoms with van der Waals surface area (Å²) < 4.78 is 6.74. The van der Waals surface area contributed by atoms with Crippen LogP contribution in [-0.4, -0.2) is 10.9 Å². The first-order valence-corrected chi connectivity index (χ1v) is 2.71. The molecule has 3 N–H and O–H groups in total. The Morgan fingerprint density at radius 2 is 2.60 bits per heavy atom. The molecule has 52 valence electrons. The summed E-state index contributed by atoms with van der Waals surface area (Å²) in [6.07, 6.45) is 1.47. The van der Waals surface area contributed by atoms with Crippen LogP contribution >= 0.6 is 0 Å². The van der Waals surface area contributed by atoms with E-state index >= 15 is 0 Å². The largest absolute Gasteiger partial charge is 0.289 e. The van der Waals surface area contributed by atoms with E-state index in [1.165, 1.54) is 12.3 Å². The van der Waals surface area contributed by atoms with Crippen molar-refractivity contribution in [3.8, 4) is 0 Å². The van der Waals surface area contributed by atoms with E-state index in [0.29, 0.717) is 0 Å². The number of nitrogens with one attached hydrogen (secondary N) is 1. The highest BCUT2D eigenvalue weighted by Gasteiger charge is 2.00. The van der Waals surface area contributed by atoms with Gasteiger partial charge >= 0.3 is 0 Å². The van der Waals surface area contributed by atoms with E-state index in [1.54, 1.807) is 12.1 Å². The molecule has 1 aromatic heterocycles. The molecule has 0 saturated heterocycles.